The van der Waals surface area contributed by atoms with E-state index in [4.69, 9.17) is 11.6 Å². The molecule has 0 aromatic carbocycles. The Bertz CT molecular complexity index is 309. The van der Waals surface area contributed by atoms with Crippen molar-refractivity contribution in [2.45, 2.75) is 19.0 Å². The van der Waals surface area contributed by atoms with Crippen LogP contribution in [0.2, 0.25) is 0 Å². The van der Waals surface area contributed by atoms with Crippen LogP contribution in [0.3, 0.4) is 0 Å². The average Bonchev–Trinajstić information content (AvgIpc) is 2.02. The minimum atomic E-state index is -4.33. The third-order valence-corrected chi connectivity index (χ3v) is 1.89. The molecule has 0 unspecified atom stereocenters. The van der Waals surface area contributed by atoms with E-state index in [9.17, 15) is 13.2 Å². The minimum absolute atomic E-state index is 0.129. The third-order valence-electron chi connectivity index (χ3n) is 1.64. The van der Waals surface area contributed by atoms with Gasteiger partial charge in [-0.05, 0) is 18.6 Å². The summed E-state index contributed by atoms with van der Waals surface area (Å²) in [6.07, 6.45) is -3.53. The Morgan fingerprint density at radius 3 is 2.46 bits per heavy atom. The van der Waals surface area contributed by atoms with Crippen LogP contribution in [-0.4, -0.2) is 4.98 Å². The van der Waals surface area contributed by atoms with Crippen LogP contribution < -0.4 is 0 Å². The first-order valence-corrected chi connectivity index (χ1v) is 4.07. The number of alkyl halides is 4. The summed E-state index contributed by atoms with van der Waals surface area (Å²) in [5.41, 5.74) is 0.207. The molecule has 1 rings (SSSR count). The molecular weight excluding hydrogens is 203 g/mol. The Balaban J connectivity index is 3.10. The summed E-state index contributed by atoms with van der Waals surface area (Å²) in [7, 11) is 0. The van der Waals surface area contributed by atoms with E-state index < -0.39 is 11.7 Å². The Morgan fingerprint density at radius 2 is 2.08 bits per heavy atom. The first-order chi connectivity index (χ1) is 5.95. The standard InChI is InChI=1S/C8H7ClF3N/c1-5-2-6(8(10,11)12)4-13-7(5)3-9/h2,4H,3H2,1H3. The van der Waals surface area contributed by atoms with E-state index in [1.807, 2.05) is 0 Å². The zero-order valence-corrected chi connectivity index (χ0v) is 7.58. The van der Waals surface area contributed by atoms with E-state index in [1.165, 1.54) is 0 Å². The minimum Gasteiger partial charge on any atom is -0.259 e. The fourth-order valence-electron chi connectivity index (χ4n) is 0.898. The van der Waals surface area contributed by atoms with Gasteiger partial charge in [0.15, 0.2) is 0 Å². The van der Waals surface area contributed by atoms with Gasteiger partial charge in [-0.3, -0.25) is 4.98 Å². The van der Waals surface area contributed by atoms with E-state index in [0.717, 1.165) is 12.3 Å². The molecule has 0 saturated carbocycles. The summed E-state index contributed by atoms with van der Waals surface area (Å²) in [4.78, 5) is 3.61. The van der Waals surface area contributed by atoms with Crippen molar-refractivity contribution in [2.75, 3.05) is 0 Å². The normalized spacial score (nSPS) is 11.8. The van der Waals surface area contributed by atoms with Gasteiger partial charge in [0, 0.05) is 6.20 Å². The fourth-order valence-corrected chi connectivity index (χ4v) is 1.18. The van der Waals surface area contributed by atoms with Crippen molar-refractivity contribution in [2.24, 2.45) is 0 Å². The maximum Gasteiger partial charge on any atom is 0.417 e. The highest BCUT2D eigenvalue weighted by Gasteiger charge is 2.31. The van der Waals surface area contributed by atoms with Gasteiger partial charge in [-0.25, -0.2) is 0 Å². The van der Waals surface area contributed by atoms with Crippen LogP contribution in [0.1, 0.15) is 16.8 Å². The van der Waals surface area contributed by atoms with Gasteiger partial charge >= 0.3 is 6.18 Å². The molecule has 72 valence electrons. The quantitative estimate of drug-likeness (QED) is 0.648. The number of hydrogen-bond acceptors (Lipinski definition) is 1. The summed E-state index contributed by atoms with van der Waals surface area (Å²) in [6, 6.07) is 1.05. The monoisotopic (exact) mass is 209 g/mol. The molecular formula is C8H7ClF3N. The van der Waals surface area contributed by atoms with Crippen molar-refractivity contribution >= 4 is 11.6 Å². The Kier molecular flexibility index (Phi) is 2.81. The molecule has 0 aliphatic rings. The van der Waals surface area contributed by atoms with Gasteiger partial charge in [0.2, 0.25) is 0 Å². The van der Waals surface area contributed by atoms with Crippen molar-refractivity contribution < 1.29 is 13.2 Å². The highest BCUT2D eigenvalue weighted by Crippen LogP contribution is 2.29. The van der Waals surface area contributed by atoms with E-state index in [2.05, 4.69) is 4.98 Å². The van der Waals surface area contributed by atoms with Crippen molar-refractivity contribution in [3.8, 4) is 0 Å². The molecule has 1 aromatic rings. The number of aryl methyl sites for hydroxylation is 1. The highest BCUT2D eigenvalue weighted by molar-refractivity contribution is 6.16. The van der Waals surface area contributed by atoms with Crippen molar-refractivity contribution in [3.05, 3.63) is 29.1 Å². The largest absolute Gasteiger partial charge is 0.417 e. The van der Waals surface area contributed by atoms with Gasteiger partial charge < -0.3 is 0 Å². The maximum absolute atomic E-state index is 12.1. The summed E-state index contributed by atoms with van der Waals surface area (Å²) >= 11 is 5.46. The van der Waals surface area contributed by atoms with Crippen molar-refractivity contribution in [1.82, 2.24) is 4.98 Å². The summed E-state index contributed by atoms with van der Waals surface area (Å²) in [6.45, 7) is 1.56. The van der Waals surface area contributed by atoms with Gasteiger partial charge in [0.1, 0.15) is 0 Å². The smallest absolute Gasteiger partial charge is 0.259 e. The highest BCUT2D eigenvalue weighted by atomic mass is 35.5. The zero-order valence-electron chi connectivity index (χ0n) is 6.82. The Morgan fingerprint density at radius 1 is 1.46 bits per heavy atom. The molecule has 0 amide bonds. The van der Waals surface area contributed by atoms with Gasteiger partial charge in [0.25, 0.3) is 0 Å². The second kappa shape index (κ2) is 3.54. The fraction of sp³-hybridized carbons (Fsp3) is 0.375. The predicted octanol–water partition coefficient (Wildman–Crippen LogP) is 3.15. The number of rotatable bonds is 1. The summed E-state index contributed by atoms with van der Waals surface area (Å²) < 4.78 is 36.4. The van der Waals surface area contributed by atoms with Crippen LogP contribution in [0, 0.1) is 6.92 Å². The van der Waals surface area contributed by atoms with Gasteiger partial charge in [-0.15, -0.1) is 11.6 Å². The van der Waals surface area contributed by atoms with Crippen LogP contribution in [0.5, 0.6) is 0 Å². The van der Waals surface area contributed by atoms with E-state index in [0.29, 0.717) is 11.3 Å². The Hall–Kier alpha value is -0.770. The van der Waals surface area contributed by atoms with Crippen LogP contribution in [0.15, 0.2) is 12.3 Å². The molecule has 0 fully saturated rings. The molecule has 1 heterocycles. The number of pyridine rings is 1. The topological polar surface area (TPSA) is 12.9 Å². The number of halogens is 4. The maximum atomic E-state index is 12.1. The first kappa shape index (κ1) is 10.3. The van der Waals surface area contributed by atoms with E-state index in [-0.39, 0.29) is 5.88 Å². The number of nitrogens with zero attached hydrogens (tertiary/aromatic N) is 1. The van der Waals surface area contributed by atoms with Gasteiger partial charge in [-0.2, -0.15) is 13.2 Å². The number of hydrogen-bond donors (Lipinski definition) is 0. The summed E-state index contributed by atoms with van der Waals surface area (Å²) in [5, 5.41) is 0. The lowest BCUT2D eigenvalue weighted by atomic mass is 10.1. The van der Waals surface area contributed by atoms with Crippen LogP contribution in [-0.2, 0) is 12.1 Å². The van der Waals surface area contributed by atoms with Gasteiger partial charge in [-0.1, -0.05) is 0 Å². The van der Waals surface area contributed by atoms with E-state index >= 15 is 0 Å². The average molecular weight is 210 g/mol. The molecule has 0 atom stereocenters. The van der Waals surface area contributed by atoms with Gasteiger partial charge in [0.05, 0.1) is 17.1 Å². The molecule has 1 aromatic heterocycles. The molecule has 0 N–H and O–H groups in total. The lowest BCUT2D eigenvalue weighted by Crippen LogP contribution is -2.07. The molecule has 13 heavy (non-hydrogen) atoms. The van der Waals surface area contributed by atoms with Crippen LogP contribution in [0.4, 0.5) is 13.2 Å². The number of aromatic nitrogens is 1. The Labute approximate surface area is 78.5 Å². The molecule has 0 bridgehead atoms. The molecule has 0 radical (unpaired) electrons. The van der Waals surface area contributed by atoms with E-state index in [1.54, 1.807) is 6.92 Å². The SMILES string of the molecule is Cc1cc(C(F)(F)F)cnc1CCl. The molecule has 0 aliphatic heterocycles. The second-order valence-electron chi connectivity index (χ2n) is 2.62. The van der Waals surface area contributed by atoms with Crippen molar-refractivity contribution in [3.63, 3.8) is 0 Å². The lowest BCUT2D eigenvalue weighted by molar-refractivity contribution is -0.137. The van der Waals surface area contributed by atoms with Crippen molar-refractivity contribution in [1.29, 1.82) is 0 Å². The lowest BCUT2D eigenvalue weighted by Gasteiger charge is -2.08. The second-order valence-corrected chi connectivity index (χ2v) is 2.89. The zero-order chi connectivity index (χ0) is 10.1. The van der Waals surface area contributed by atoms with Crippen LogP contribution in [0.25, 0.3) is 0 Å². The van der Waals surface area contributed by atoms with Crippen LogP contribution >= 0.6 is 11.6 Å². The third kappa shape index (κ3) is 2.34. The summed E-state index contributed by atoms with van der Waals surface area (Å²) in [5.74, 6) is 0.129. The molecule has 0 spiro atoms. The molecule has 1 nitrogen and oxygen atoms in total. The first-order valence-electron chi connectivity index (χ1n) is 3.54. The predicted molar refractivity (Wildman–Crippen MR) is 43.5 cm³/mol. The molecule has 0 saturated heterocycles. The molecule has 5 heteroatoms. The molecule has 0 aliphatic carbocycles.